The number of nitrogens with zero attached hydrogens (tertiary/aromatic N) is 1. The smallest absolute Gasteiger partial charge is 0.0468 e. The van der Waals surface area contributed by atoms with Crippen LogP contribution in [0, 0.1) is 0 Å². The SMILES string of the molecule is c1ccc2c(c1)-c1cccc3c1-c1cc(N(c4ccc5ccccc5c4)c4ccc5sc6ccccc6c5c4)ccc1-c1cccc-3c1-2. The Morgan fingerprint density at radius 3 is 1.69 bits per heavy atom. The van der Waals surface area contributed by atoms with E-state index in [9.17, 15) is 0 Å². The van der Waals surface area contributed by atoms with Crippen LogP contribution in [0.2, 0.25) is 0 Å². The van der Waals surface area contributed by atoms with Crippen LogP contribution in [0.1, 0.15) is 0 Å². The summed E-state index contributed by atoms with van der Waals surface area (Å²) < 4.78 is 2.63. The van der Waals surface area contributed by atoms with Gasteiger partial charge in [-0.1, -0.05) is 115 Å². The summed E-state index contributed by atoms with van der Waals surface area (Å²) in [5, 5.41) is 5.09. The lowest BCUT2D eigenvalue weighted by Crippen LogP contribution is -2.10. The molecule has 2 heteroatoms. The maximum absolute atomic E-state index is 2.45. The second kappa shape index (κ2) is 9.78. The number of hydrogen-bond acceptors (Lipinski definition) is 2. The van der Waals surface area contributed by atoms with E-state index < -0.39 is 0 Å². The summed E-state index contributed by atoms with van der Waals surface area (Å²) in [6.07, 6.45) is 0. The van der Waals surface area contributed by atoms with E-state index >= 15 is 0 Å². The van der Waals surface area contributed by atoms with Crippen molar-refractivity contribution in [1.82, 2.24) is 0 Å². The maximum atomic E-state index is 2.45. The van der Waals surface area contributed by atoms with Crippen LogP contribution < -0.4 is 4.90 Å². The molecule has 0 atom stereocenters. The molecular weight excluding hydrogens is 599 g/mol. The molecule has 1 aromatic heterocycles. The first-order chi connectivity index (χ1) is 23.8. The van der Waals surface area contributed by atoms with Crippen LogP contribution in [0.5, 0.6) is 0 Å². The van der Waals surface area contributed by atoms with Crippen LogP contribution in [0.3, 0.4) is 0 Å². The van der Waals surface area contributed by atoms with Crippen molar-refractivity contribution in [2.45, 2.75) is 0 Å². The topological polar surface area (TPSA) is 3.24 Å². The van der Waals surface area contributed by atoms with E-state index in [1.54, 1.807) is 0 Å². The lowest BCUT2D eigenvalue weighted by Gasteiger charge is -2.28. The lowest BCUT2D eigenvalue weighted by molar-refractivity contribution is 1.30. The quantitative estimate of drug-likeness (QED) is 0.189. The van der Waals surface area contributed by atoms with E-state index in [0.717, 1.165) is 17.1 Å². The Morgan fingerprint density at radius 2 is 0.854 bits per heavy atom. The number of thiophene rings is 1. The molecule has 0 spiro atoms. The number of anilines is 3. The Morgan fingerprint density at radius 1 is 0.312 bits per heavy atom. The van der Waals surface area contributed by atoms with E-state index in [1.807, 2.05) is 11.3 Å². The van der Waals surface area contributed by atoms with Gasteiger partial charge in [0.05, 0.1) is 0 Å². The van der Waals surface area contributed by atoms with Crippen molar-refractivity contribution in [3.8, 4) is 55.6 Å². The predicted molar refractivity (Wildman–Crippen MR) is 206 cm³/mol. The number of hydrogen-bond donors (Lipinski definition) is 0. The normalized spacial score (nSPS) is 12.2. The molecule has 0 unspecified atom stereocenters. The maximum Gasteiger partial charge on any atom is 0.0468 e. The summed E-state index contributed by atoms with van der Waals surface area (Å²) in [5.41, 5.74) is 16.5. The van der Waals surface area contributed by atoms with Gasteiger partial charge in [-0.25, -0.2) is 0 Å². The lowest BCUT2D eigenvalue weighted by atomic mass is 9.83. The van der Waals surface area contributed by atoms with E-state index in [1.165, 1.54) is 86.6 Å². The van der Waals surface area contributed by atoms with Crippen LogP contribution in [-0.4, -0.2) is 0 Å². The molecule has 2 aliphatic rings. The van der Waals surface area contributed by atoms with Crippen LogP contribution in [0.4, 0.5) is 17.1 Å². The van der Waals surface area contributed by atoms with Gasteiger partial charge in [0.15, 0.2) is 0 Å². The van der Waals surface area contributed by atoms with Crippen molar-refractivity contribution in [2.24, 2.45) is 0 Å². The average molecular weight is 626 g/mol. The second-order valence-corrected chi connectivity index (χ2v) is 14.0. The molecule has 0 amide bonds. The Bertz CT molecular complexity index is 2780. The highest BCUT2D eigenvalue weighted by Crippen LogP contribution is 2.57. The summed E-state index contributed by atoms with van der Waals surface area (Å²) in [5.74, 6) is 0. The van der Waals surface area contributed by atoms with Crippen LogP contribution >= 0.6 is 11.3 Å². The molecule has 0 radical (unpaired) electrons. The highest BCUT2D eigenvalue weighted by Gasteiger charge is 2.31. The fraction of sp³-hybridized carbons (Fsp3) is 0. The van der Waals surface area contributed by atoms with Gasteiger partial charge in [-0.15, -0.1) is 11.3 Å². The molecule has 0 aliphatic heterocycles. The van der Waals surface area contributed by atoms with Gasteiger partial charge >= 0.3 is 0 Å². The summed E-state index contributed by atoms with van der Waals surface area (Å²) in [7, 11) is 0. The number of rotatable bonds is 3. The Hall–Kier alpha value is -5.96. The van der Waals surface area contributed by atoms with Crippen molar-refractivity contribution in [3.05, 3.63) is 164 Å². The van der Waals surface area contributed by atoms with Gasteiger partial charge < -0.3 is 4.90 Å². The van der Waals surface area contributed by atoms with Gasteiger partial charge in [-0.3, -0.25) is 0 Å². The van der Waals surface area contributed by atoms with Gasteiger partial charge in [0.1, 0.15) is 0 Å². The highest BCUT2D eigenvalue weighted by molar-refractivity contribution is 7.25. The first-order valence-electron chi connectivity index (χ1n) is 16.5. The fourth-order valence-corrected chi connectivity index (χ4v) is 9.33. The molecule has 1 heterocycles. The standard InChI is InChI=1S/C46H27NS/c1-2-10-29-25-30(20-19-28(29)9-1)47(32-22-24-44-41(26-32)35-12-5-6-18-43(35)48-44)31-21-23-34-38-15-8-16-39-40-17-7-14-37(46(40)42(34)27-31)33-11-3-4-13-36(33)45(38)39/h1-27H. The third kappa shape index (κ3) is 3.61. The molecule has 2 aliphatic carbocycles. The van der Waals surface area contributed by atoms with Crippen molar-refractivity contribution in [1.29, 1.82) is 0 Å². The predicted octanol–water partition coefficient (Wildman–Crippen LogP) is 13.6. The van der Waals surface area contributed by atoms with Gasteiger partial charge in [0, 0.05) is 37.2 Å². The van der Waals surface area contributed by atoms with E-state index in [-0.39, 0.29) is 0 Å². The van der Waals surface area contributed by atoms with Crippen LogP contribution in [0.15, 0.2) is 164 Å². The zero-order valence-electron chi connectivity index (χ0n) is 25.9. The molecule has 11 rings (SSSR count). The summed E-state index contributed by atoms with van der Waals surface area (Å²) in [6.45, 7) is 0. The Balaban J connectivity index is 1.20. The monoisotopic (exact) mass is 625 g/mol. The Kier molecular flexibility index (Phi) is 5.32. The molecule has 0 N–H and O–H groups in total. The van der Waals surface area contributed by atoms with Gasteiger partial charge in [0.2, 0.25) is 0 Å². The summed E-state index contributed by atoms with van der Waals surface area (Å²) >= 11 is 1.86. The molecule has 6 bridgehead atoms. The number of benzene rings is 8. The van der Waals surface area contributed by atoms with Crippen molar-refractivity contribution in [2.75, 3.05) is 4.90 Å². The number of fused-ring (bicyclic) bond motifs is 8. The van der Waals surface area contributed by atoms with Gasteiger partial charge in [-0.2, -0.15) is 0 Å². The van der Waals surface area contributed by atoms with Crippen LogP contribution in [-0.2, 0) is 0 Å². The third-order valence-corrected chi connectivity index (χ3v) is 11.5. The minimum atomic E-state index is 1.15. The van der Waals surface area contributed by atoms with Crippen molar-refractivity contribution in [3.63, 3.8) is 0 Å². The van der Waals surface area contributed by atoms with E-state index in [0.29, 0.717) is 0 Å². The van der Waals surface area contributed by atoms with Gasteiger partial charge in [0.25, 0.3) is 0 Å². The van der Waals surface area contributed by atoms with Crippen molar-refractivity contribution < 1.29 is 0 Å². The molecule has 9 aromatic rings. The van der Waals surface area contributed by atoms with Crippen molar-refractivity contribution >= 4 is 59.3 Å². The average Bonchev–Trinajstić information content (AvgIpc) is 3.47. The zero-order chi connectivity index (χ0) is 31.3. The van der Waals surface area contributed by atoms with Crippen LogP contribution in [0.25, 0.3) is 86.6 Å². The highest BCUT2D eigenvalue weighted by atomic mass is 32.1. The molecular formula is C46H27NS. The first kappa shape index (κ1) is 26.1. The minimum absolute atomic E-state index is 1.15. The summed E-state index contributed by atoms with van der Waals surface area (Å²) in [4.78, 5) is 2.45. The minimum Gasteiger partial charge on any atom is -0.310 e. The second-order valence-electron chi connectivity index (χ2n) is 12.9. The summed E-state index contributed by atoms with van der Waals surface area (Å²) in [6, 6.07) is 61.0. The molecule has 0 saturated heterocycles. The largest absolute Gasteiger partial charge is 0.310 e. The molecule has 222 valence electrons. The molecule has 8 aromatic carbocycles. The Labute approximate surface area is 282 Å². The zero-order valence-corrected chi connectivity index (χ0v) is 26.8. The molecule has 0 saturated carbocycles. The molecule has 1 nitrogen and oxygen atoms in total. The van der Waals surface area contributed by atoms with E-state index in [2.05, 4.69) is 169 Å². The first-order valence-corrected chi connectivity index (χ1v) is 17.3. The van der Waals surface area contributed by atoms with E-state index in [4.69, 9.17) is 0 Å². The molecule has 0 fully saturated rings. The third-order valence-electron chi connectivity index (χ3n) is 10.3. The molecule has 48 heavy (non-hydrogen) atoms. The van der Waals surface area contributed by atoms with Gasteiger partial charge in [-0.05, 0) is 115 Å². The fourth-order valence-electron chi connectivity index (χ4n) is 8.25.